The SMILES string of the molecule is COCCOc1ncccc1CNC(=O)c1c2c(nn1C)[C@H](C)O[C@H](C)C2. The maximum Gasteiger partial charge on any atom is 0.270 e. The number of aryl methyl sites for hydroxylation is 1. The lowest BCUT2D eigenvalue weighted by molar-refractivity contribution is -0.00710. The molecule has 0 spiro atoms. The van der Waals surface area contributed by atoms with Crippen LogP contribution in [0, 0.1) is 0 Å². The Morgan fingerprint density at radius 3 is 3.00 bits per heavy atom. The summed E-state index contributed by atoms with van der Waals surface area (Å²) in [7, 11) is 3.40. The molecule has 0 aromatic carbocycles. The van der Waals surface area contributed by atoms with E-state index in [0.29, 0.717) is 37.8 Å². The first-order valence-electron chi connectivity index (χ1n) is 9.06. The Morgan fingerprint density at radius 1 is 1.41 bits per heavy atom. The van der Waals surface area contributed by atoms with Gasteiger partial charge in [0.25, 0.3) is 5.91 Å². The standard InChI is InChI=1S/C19H26N4O4/c1-12-10-15-16(13(2)27-12)22-23(3)17(15)18(24)21-11-14-6-5-7-20-19(14)26-9-8-25-4/h5-7,12-13H,8-11H2,1-4H3,(H,21,24)/t12-,13+/m1/s1. The molecule has 1 N–H and O–H groups in total. The van der Waals surface area contributed by atoms with Gasteiger partial charge >= 0.3 is 0 Å². The summed E-state index contributed by atoms with van der Waals surface area (Å²) in [5.41, 5.74) is 3.19. The van der Waals surface area contributed by atoms with E-state index >= 15 is 0 Å². The van der Waals surface area contributed by atoms with Crippen LogP contribution in [0.1, 0.15) is 47.3 Å². The zero-order valence-corrected chi connectivity index (χ0v) is 16.2. The van der Waals surface area contributed by atoms with E-state index in [2.05, 4.69) is 15.4 Å². The number of hydrogen-bond acceptors (Lipinski definition) is 6. The van der Waals surface area contributed by atoms with Gasteiger partial charge in [0.15, 0.2) is 0 Å². The lowest BCUT2D eigenvalue weighted by Gasteiger charge is -2.24. The number of aromatic nitrogens is 3. The number of methoxy groups -OCH3 is 1. The Morgan fingerprint density at radius 2 is 2.22 bits per heavy atom. The number of rotatable bonds is 7. The van der Waals surface area contributed by atoms with Crippen LogP contribution in [0.3, 0.4) is 0 Å². The van der Waals surface area contributed by atoms with Gasteiger partial charge in [-0.2, -0.15) is 5.10 Å². The molecule has 0 fully saturated rings. The van der Waals surface area contributed by atoms with E-state index in [1.807, 2.05) is 26.0 Å². The van der Waals surface area contributed by atoms with Crippen LogP contribution in [-0.4, -0.2) is 47.1 Å². The van der Waals surface area contributed by atoms with Gasteiger partial charge in [-0.3, -0.25) is 9.48 Å². The Bertz CT molecular complexity index is 805. The van der Waals surface area contributed by atoms with E-state index in [9.17, 15) is 4.79 Å². The highest BCUT2D eigenvalue weighted by Gasteiger charge is 2.31. The molecular weight excluding hydrogens is 348 g/mol. The van der Waals surface area contributed by atoms with E-state index < -0.39 is 0 Å². The van der Waals surface area contributed by atoms with Gasteiger partial charge in [0.2, 0.25) is 5.88 Å². The topological polar surface area (TPSA) is 87.5 Å². The second kappa shape index (κ2) is 8.49. The van der Waals surface area contributed by atoms with Crippen LogP contribution in [0.2, 0.25) is 0 Å². The lowest BCUT2D eigenvalue weighted by Crippen LogP contribution is -2.28. The maximum atomic E-state index is 12.9. The third kappa shape index (κ3) is 4.28. The minimum absolute atomic E-state index is 0.0577. The van der Waals surface area contributed by atoms with Crippen LogP contribution < -0.4 is 10.1 Å². The van der Waals surface area contributed by atoms with Crippen molar-refractivity contribution in [2.24, 2.45) is 7.05 Å². The van der Waals surface area contributed by atoms with Crippen LogP contribution in [0.15, 0.2) is 18.3 Å². The van der Waals surface area contributed by atoms with Crippen molar-refractivity contribution in [1.29, 1.82) is 0 Å². The van der Waals surface area contributed by atoms with Gasteiger partial charge in [-0.05, 0) is 19.9 Å². The molecule has 3 rings (SSSR count). The molecule has 1 amide bonds. The highest BCUT2D eigenvalue weighted by molar-refractivity contribution is 5.94. The number of ether oxygens (including phenoxy) is 3. The van der Waals surface area contributed by atoms with Crippen molar-refractivity contribution < 1.29 is 19.0 Å². The molecular formula is C19H26N4O4. The highest BCUT2D eigenvalue weighted by Crippen LogP contribution is 2.31. The van der Waals surface area contributed by atoms with Crippen LogP contribution in [0.4, 0.5) is 0 Å². The first-order chi connectivity index (χ1) is 13.0. The number of carbonyl (C=O) groups excluding carboxylic acids is 1. The molecule has 1 aliphatic rings. The van der Waals surface area contributed by atoms with Crippen molar-refractivity contribution >= 4 is 5.91 Å². The largest absolute Gasteiger partial charge is 0.475 e. The average Bonchev–Trinajstić information content (AvgIpc) is 2.97. The summed E-state index contributed by atoms with van der Waals surface area (Å²) in [6, 6.07) is 3.70. The number of amides is 1. The molecule has 3 heterocycles. The zero-order valence-electron chi connectivity index (χ0n) is 16.2. The summed E-state index contributed by atoms with van der Waals surface area (Å²) >= 11 is 0. The number of pyridine rings is 1. The Labute approximate surface area is 158 Å². The monoisotopic (exact) mass is 374 g/mol. The lowest BCUT2D eigenvalue weighted by atomic mass is 9.99. The average molecular weight is 374 g/mol. The van der Waals surface area contributed by atoms with Gasteiger partial charge in [-0.15, -0.1) is 0 Å². The minimum atomic E-state index is -0.167. The third-order valence-corrected chi connectivity index (χ3v) is 4.52. The van der Waals surface area contributed by atoms with E-state index in [4.69, 9.17) is 14.2 Å². The summed E-state index contributed by atoms with van der Waals surface area (Å²) < 4.78 is 18.1. The molecule has 146 valence electrons. The Kier molecular flexibility index (Phi) is 6.08. The number of carbonyl (C=O) groups is 1. The van der Waals surface area contributed by atoms with Gasteiger partial charge in [0, 0.05) is 44.4 Å². The summed E-state index contributed by atoms with van der Waals surface area (Å²) in [6.07, 6.45) is 2.28. The van der Waals surface area contributed by atoms with Gasteiger partial charge in [0.05, 0.1) is 24.5 Å². The number of nitrogens with one attached hydrogen (secondary N) is 1. The molecule has 2 aromatic heterocycles. The zero-order chi connectivity index (χ0) is 19.4. The number of hydrogen-bond donors (Lipinski definition) is 1. The van der Waals surface area contributed by atoms with Crippen LogP contribution in [-0.2, 0) is 29.5 Å². The van der Waals surface area contributed by atoms with Crippen LogP contribution >= 0.6 is 0 Å². The first kappa shape index (κ1) is 19.3. The molecule has 8 nitrogen and oxygen atoms in total. The Balaban J connectivity index is 1.73. The maximum absolute atomic E-state index is 12.9. The van der Waals surface area contributed by atoms with Gasteiger partial charge in [-0.25, -0.2) is 4.98 Å². The summed E-state index contributed by atoms with van der Waals surface area (Å²) in [5.74, 6) is 0.330. The van der Waals surface area contributed by atoms with Crippen molar-refractivity contribution in [3.05, 3.63) is 40.8 Å². The Hall–Kier alpha value is -2.45. The first-order valence-corrected chi connectivity index (χ1v) is 9.06. The molecule has 8 heteroatoms. The van der Waals surface area contributed by atoms with Crippen LogP contribution in [0.5, 0.6) is 5.88 Å². The second-order valence-electron chi connectivity index (χ2n) is 6.62. The summed E-state index contributed by atoms with van der Waals surface area (Å²) in [4.78, 5) is 17.1. The van der Waals surface area contributed by atoms with Crippen molar-refractivity contribution in [1.82, 2.24) is 20.1 Å². The normalized spacial score (nSPS) is 18.8. The van der Waals surface area contributed by atoms with E-state index in [-0.39, 0.29) is 18.1 Å². The molecule has 0 bridgehead atoms. The van der Waals surface area contributed by atoms with Gasteiger partial charge in [0.1, 0.15) is 12.3 Å². The molecule has 0 saturated heterocycles. The van der Waals surface area contributed by atoms with Gasteiger partial charge in [-0.1, -0.05) is 6.07 Å². The number of nitrogens with zero attached hydrogens (tertiary/aromatic N) is 3. The molecule has 0 saturated carbocycles. The van der Waals surface area contributed by atoms with Crippen LogP contribution in [0.25, 0.3) is 0 Å². The predicted octanol–water partition coefficient (Wildman–Crippen LogP) is 1.79. The smallest absolute Gasteiger partial charge is 0.270 e. The molecule has 2 aromatic rings. The second-order valence-corrected chi connectivity index (χ2v) is 6.62. The molecule has 0 radical (unpaired) electrons. The highest BCUT2D eigenvalue weighted by atomic mass is 16.5. The summed E-state index contributed by atoms with van der Waals surface area (Å²) in [6.45, 7) is 5.16. The quantitative estimate of drug-likeness (QED) is 0.744. The molecule has 1 aliphatic heterocycles. The number of fused-ring (bicyclic) bond motifs is 1. The molecule has 2 atom stereocenters. The van der Waals surface area contributed by atoms with Crippen molar-refractivity contribution in [3.8, 4) is 5.88 Å². The fourth-order valence-electron chi connectivity index (χ4n) is 3.32. The van der Waals surface area contributed by atoms with Crippen molar-refractivity contribution in [2.45, 2.75) is 39.0 Å². The summed E-state index contributed by atoms with van der Waals surface area (Å²) in [5, 5.41) is 7.45. The third-order valence-electron chi connectivity index (χ3n) is 4.52. The fraction of sp³-hybridized carbons (Fsp3) is 0.526. The molecule has 27 heavy (non-hydrogen) atoms. The van der Waals surface area contributed by atoms with E-state index in [1.165, 1.54) is 0 Å². The van der Waals surface area contributed by atoms with Gasteiger partial charge < -0.3 is 19.5 Å². The molecule has 0 unspecified atom stereocenters. The fourth-order valence-corrected chi connectivity index (χ4v) is 3.32. The predicted molar refractivity (Wildman–Crippen MR) is 98.7 cm³/mol. The van der Waals surface area contributed by atoms with Crippen molar-refractivity contribution in [3.63, 3.8) is 0 Å². The van der Waals surface area contributed by atoms with E-state index in [0.717, 1.165) is 16.8 Å². The minimum Gasteiger partial charge on any atom is -0.475 e. The van der Waals surface area contributed by atoms with E-state index in [1.54, 1.807) is 25.0 Å². The molecule has 0 aliphatic carbocycles. The van der Waals surface area contributed by atoms with Crippen molar-refractivity contribution in [2.75, 3.05) is 20.3 Å².